The van der Waals surface area contributed by atoms with Gasteiger partial charge in [0.05, 0.1) is 99.2 Å². The summed E-state index contributed by atoms with van der Waals surface area (Å²) in [6.07, 6.45) is 15.1. The first-order valence-electron chi connectivity index (χ1n) is 47.0. The third-order valence-corrected chi connectivity index (χ3v) is 26.6. The first-order valence-corrected chi connectivity index (χ1v) is 48.5. The van der Waals surface area contributed by atoms with Gasteiger partial charge in [0.25, 0.3) is 23.6 Å². The minimum atomic E-state index is -0.855. The van der Waals surface area contributed by atoms with Crippen molar-refractivity contribution >= 4 is 115 Å². The molecule has 2 saturated carbocycles. The number of nitrogens with one attached hydrogen (secondary N) is 4. The summed E-state index contributed by atoms with van der Waals surface area (Å²) in [5.74, 6) is -2.18. The Morgan fingerprint density at radius 2 is 0.761 bits per heavy atom. The summed E-state index contributed by atoms with van der Waals surface area (Å²) >= 11 is 25.3. The lowest BCUT2D eigenvalue weighted by Crippen LogP contribution is -2.57. The molecule has 3 aliphatic rings. The van der Waals surface area contributed by atoms with Crippen LogP contribution in [0, 0.1) is 56.9 Å². The number of halogens is 8. The standard InChI is InChI=1S/C28H31ClFN5O3.C26H33ClFN5O3.2C24H29ClFN5O3/c1-14(2)38-25-20(15(3)27-33-17(5)24-26(31)32-11-12-35(24)27)13-21(29)23(30)22(25)28(36)34-16(4)18-7-9-19(37-6)10-8-18;1-13(2)36-22-17(14(3)24-31-15(4)21-23(29)30-10-11-33(21)24)12-18(27)20(28)19(22)25(35)32-26(5)8-6-16(34)7-9-26;1-11(2)34-20-15(12(3)22-29-13(4)19-21(27)28-6-7-31(19)22)8-16(25)18(26)17(20)23(33)30-24(5)9-14(32)10-24;1-12(2)34-21-16(13(3)23-30-14(4)20-22(27)28-6-7-31(20)23)9-17(25)19(26)18(21)24(32)29-10-15-5-8-33-11-15/h7-16H,1-6H3,(H2,31,32)(H,34,36);10-14,16,34H,6-9H2,1-5H3,(H2,29,30)(H,32,35);6-8,11-12,14,32H,9-10H2,1-5H3,(H2,27,28)(H,30,33);6-7,9,12-13,15H,5,8,10-11H2,1-4H3,(H2,27,28)(H,29,32). The van der Waals surface area contributed by atoms with Crippen molar-refractivity contribution in [2.24, 2.45) is 5.92 Å². The van der Waals surface area contributed by atoms with Crippen molar-refractivity contribution in [2.75, 3.05) is 49.8 Å². The highest BCUT2D eigenvalue weighted by Gasteiger charge is 2.44. The van der Waals surface area contributed by atoms with Crippen LogP contribution in [0.1, 0.15) is 294 Å². The number of aliphatic hydroxyl groups is 2. The molecule has 9 heterocycles. The molecule has 14 N–H and O–H groups in total. The number of hydrogen-bond acceptors (Lipinski definition) is 24. The van der Waals surface area contributed by atoms with Crippen LogP contribution in [0.25, 0.3) is 22.1 Å². The lowest BCUT2D eigenvalue weighted by molar-refractivity contribution is 0.0125. The number of rotatable bonds is 27. The first kappa shape index (κ1) is 107. The van der Waals surface area contributed by atoms with Gasteiger partial charge in [-0.05, 0) is 191 Å². The Bertz CT molecular complexity index is 6900. The molecule has 4 amide bonds. The molecule has 16 rings (SSSR count). The van der Waals surface area contributed by atoms with Crippen LogP contribution in [0.3, 0.4) is 0 Å². The zero-order valence-electron chi connectivity index (χ0n) is 82.9. The van der Waals surface area contributed by atoms with Crippen LogP contribution in [0.5, 0.6) is 28.7 Å². The fraction of sp³-hybridized carbons (Fsp3) is 0.431. The van der Waals surface area contributed by atoms with Crippen molar-refractivity contribution in [1.82, 2.24) is 78.7 Å². The van der Waals surface area contributed by atoms with Gasteiger partial charge in [-0.25, -0.2) is 57.4 Å². The van der Waals surface area contributed by atoms with E-state index in [1.54, 1.807) is 82.7 Å². The van der Waals surface area contributed by atoms with E-state index in [1.807, 2.05) is 147 Å². The summed E-state index contributed by atoms with van der Waals surface area (Å²) < 4.78 is 104. The summed E-state index contributed by atoms with van der Waals surface area (Å²) in [7, 11) is 1.58. The van der Waals surface area contributed by atoms with Crippen molar-refractivity contribution < 1.29 is 75.4 Å². The number of aliphatic hydroxyl groups excluding tert-OH is 2. The summed E-state index contributed by atoms with van der Waals surface area (Å²) in [6, 6.07) is 12.8. The van der Waals surface area contributed by atoms with E-state index in [2.05, 4.69) is 46.2 Å². The maximum atomic E-state index is 15.5. The molecule has 758 valence electrons. The van der Waals surface area contributed by atoms with Crippen molar-refractivity contribution in [2.45, 2.75) is 254 Å². The van der Waals surface area contributed by atoms with E-state index in [-0.39, 0.29) is 102 Å². The van der Waals surface area contributed by atoms with Crippen LogP contribution >= 0.6 is 46.4 Å². The number of aryl methyl sites for hydroxylation is 4. The average Bonchev–Trinajstić information content (AvgIpc) is 1.51. The van der Waals surface area contributed by atoms with E-state index in [0.29, 0.717) is 178 Å². The highest BCUT2D eigenvalue weighted by molar-refractivity contribution is 6.32. The smallest absolute Gasteiger partial charge is 0.258 e. The number of fused-ring (bicyclic) bond motifs is 4. The Balaban J connectivity index is 0.000000159. The van der Waals surface area contributed by atoms with Gasteiger partial charge in [0.1, 0.15) is 120 Å². The fourth-order valence-electron chi connectivity index (χ4n) is 18.4. The van der Waals surface area contributed by atoms with Gasteiger partial charge >= 0.3 is 0 Å². The molecular formula is C102H122Cl4F4N20O12. The first-order chi connectivity index (χ1) is 67.0. The third kappa shape index (κ3) is 22.7. The van der Waals surface area contributed by atoms with Crippen molar-refractivity contribution in [1.29, 1.82) is 0 Å². The van der Waals surface area contributed by atoms with Gasteiger partial charge in [-0.15, -0.1) is 0 Å². The number of nitrogen functional groups attached to an aromatic ring is 4. The minimum absolute atomic E-state index is 0.113. The Morgan fingerprint density at radius 3 is 1.05 bits per heavy atom. The van der Waals surface area contributed by atoms with E-state index >= 15 is 17.6 Å². The number of nitrogens with zero attached hydrogens (tertiary/aromatic N) is 12. The number of carbonyl (C=O) groups excluding carboxylic acids is 4. The third-order valence-electron chi connectivity index (χ3n) is 25.5. The molecule has 32 nitrogen and oxygen atoms in total. The van der Waals surface area contributed by atoms with E-state index in [0.717, 1.165) is 12.0 Å². The van der Waals surface area contributed by atoms with Crippen LogP contribution in [0.2, 0.25) is 20.1 Å². The van der Waals surface area contributed by atoms with E-state index in [9.17, 15) is 29.4 Å². The molecule has 8 aromatic heterocycles. The minimum Gasteiger partial charge on any atom is -0.497 e. The largest absolute Gasteiger partial charge is 0.497 e. The fourth-order valence-corrected chi connectivity index (χ4v) is 19.2. The second kappa shape index (κ2) is 44.1. The van der Waals surface area contributed by atoms with Crippen LogP contribution in [0.4, 0.5) is 40.8 Å². The van der Waals surface area contributed by atoms with Gasteiger partial charge in [0, 0.05) is 126 Å². The maximum absolute atomic E-state index is 15.5. The van der Waals surface area contributed by atoms with Crippen LogP contribution in [-0.2, 0) is 4.74 Å². The predicted octanol–water partition coefficient (Wildman–Crippen LogP) is 18.7. The van der Waals surface area contributed by atoms with E-state index in [4.69, 9.17) is 113 Å². The summed E-state index contributed by atoms with van der Waals surface area (Å²) in [5.41, 5.74) is 30.6. The van der Waals surface area contributed by atoms with Gasteiger partial charge in [-0.3, -0.25) is 36.8 Å². The highest BCUT2D eigenvalue weighted by Crippen LogP contribution is 2.47. The van der Waals surface area contributed by atoms with Gasteiger partial charge < -0.3 is 82.8 Å². The van der Waals surface area contributed by atoms with Gasteiger partial charge in [-0.2, -0.15) is 0 Å². The zero-order valence-corrected chi connectivity index (χ0v) is 85.9. The number of carbonyl (C=O) groups is 4. The Hall–Kier alpha value is -12.6. The zero-order chi connectivity index (χ0) is 104. The Labute approximate surface area is 840 Å². The quantitative estimate of drug-likeness (QED) is 0.0214. The Kier molecular flexibility index (Phi) is 33.1. The molecule has 5 aromatic carbocycles. The number of methoxy groups -OCH3 is 1. The van der Waals surface area contributed by atoms with Crippen LogP contribution in [-0.4, -0.2) is 166 Å². The number of aromatic nitrogens is 12. The van der Waals surface area contributed by atoms with Crippen LogP contribution in [0.15, 0.2) is 98.1 Å². The molecule has 0 radical (unpaired) electrons. The lowest BCUT2D eigenvalue weighted by Gasteiger charge is -2.43. The summed E-state index contributed by atoms with van der Waals surface area (Å²) in [4.78, 5) is 89.0. The number of imidazole rings is 4. The number of amides is 4. The number of nitrogens with two attached hydrogens (primary N) is 4. The molecule has 1 saturated heterocycles. The Morgan fingerprint density at radius 1 is 0.458 bits per heavy atom. The molecule has 1 aliphatic heterocycles. The van der Waals surface area contributed by atoms with E-state index < -0.39 is 93.8 Å². The van der Waals surface area contributed by atoms with Crippen LogP contribution < -0.4 is 67.9 Å². The molecule has 0 bridgehead atoms. The topological polar surface area (TPSA) is 437 Å². The SMILES string of the molecule is COc1ccc(C(C)NC(=O)c2c(F)c(Cl)cc(C(C)c3nc(C)c4c(N)nccn34)c2OC(C)C)cc1.Cc1nc(C(C)c2cc(Cl)c(F)c(C(=O)NC3(C)CC(O)C3)c2OC(C)C)n2ccnc(N)c12.Cc1nc(C(C)c2cc(Cl)c(F)c(C(=O)NC3(C)CCC(O)CC3)c2OC(C)C)n2ccnc(N)c12.Cc1nc(C(C)c2cc(Cl)c(F)c(C(=O)NCC3CCOC3)c2OC(C)C)n2ccnc(N)c12. The summed E-state index contributed by atoms with van der Waals surface area (Å²) in [5, 5.41) is 30.4. The predicted molar refractivity (Wildman–Crippen MR) is 539 cm³/mol. The van der Waals surface area contributed by atoms with Gasteiger partial charge in [0.15, 0.2) is 23.3 Å². The number of anilines is 4. The molecule has 13 aromatic rings. The van der Waals surface area contributed by atoms with Crippen molar-refractivity contribution in [3.05, 3.63) is 238 Å². The molecule has 3 fully saturated rings. The molecule has 2 aliphatic carbocycles. The molecule has 6 atom stereocenters. The highest BCUT2D eigenvalue weighted by atomic mass is 35.5. The van der Waals surface area contributed by atoms with E-state index in [1.165, 1.54) is 24.3 Å². The maximum Gasteiger partial charge on any atom is 0.258 e. The monoisotopic (exact) mass is 2030 g/mol. The van der Waals surface area contributed by atoms with Crippen molar-refractivity contribution in [3.63, 3.8) is 0 Å². The second-order valence-electron chi connectivity index (χ2n) is 38.0. The van der Waals surface area contributed by atoms with Crippen molar-refractivity contribution in [3.8, 4) is 28.7 Å². The second-order valence-corrected chi connectivity index (χ2v) is 39.6. The normalized spacial score (nSPS) is 17.9. The molecule has 0 spiro atoms. The average molecular weight is 2040 g/mol. The number of benzene rings is 5. The molecule has 142 heavy (non-hydrogen) atoms. The number of hydrogen-bond donors (Lipinski definition) is 10. The lowest BCUT2D eigenvalue weighted by atomic mass is 9.76. The number of ether oxygens (including phenoxy) is 6. The molecular weight excluding hydrogens is 1920 g/mol. The summed E-state index contributed by atoms with van der Waals surface area (Å²) in [6.45, 7) is 36.6. The van der Waals surface area contributed by atoms with Gasteiger partial charge in [0.2, 0.25) is 0 Å². The molecule has 40 heteroatoms. The molecule has 6 unspecified atom stereocenters. The van der Waals surface area contributed by atoms with Gasteiger partial charge in [-0.1, -0.05) is 86.2 Å².